The smallest absolute Gasteiger partial charge is 0.177 e. The number of nitrogens with zero attached hydrogens (tertiary/aromatic N) is 1. The standard InChI is InChI=1S/C6H10N2O2S3/c9-1-2-10-3-4-12-6-8-7-5(11)13-6/h9H,1-4H2,(H,7,11). The van der Waals surface area contributed by atoms with Gasteiger partial charge in [-0.3, -0.25) is 5.10 Å². The molecule has 1 aromatic heterocycles. The molecule has 0 aliphatic heterocycles. The van der Waals surface area contributed by atoms with Gasteiger partial charge >= 0.3 is 0 Å². The number of H-pyrrole nitrogens is 1. The number of thioether (sulfide) groups is 1. The van der Waals surface area contributed by atoms with Gasteiger partial charge in [-0.1, -0.05) is 23.1 Å². The summed E-state index contributed by atoms with van der Waals surface area (Å²) in [5.41, 5.74) is 0. The molecule has 0 aliphatic rings. The summed E-state index contributed by atoms with van der Waals surface area (Å²) in [6.45, 7) is 1.10. The Balaban J connectivity index is 2.09. The van der Waals surface area contributed by atoms with Gasteiger partial charge in [0.15, 0.2) is 8.29 Å². The lowest BCUT2D eigenvalue weighted by atomic mass is 10.7. The molecule has 7 heteroatoms. The van der Waals surface area contributed by atoms with E-state index in [1.165, 1.54) is 11.3 Å². The molecular weight excluding hydrogens is 228 g/mol. The number of hydrogen-bond donors (Lipinski definition) is 2. The fourth-order valence-electron chi connectivity index (χ4n) is 0.632. The predicted molar refractivity (Wildman–Crippen MR) is 55.9 cm³/mol. The first kappa shape index (κ1) is 11.1. The number of aromatic amines is 1. The maximum absolute atomic E-state index is 8.43. The van der Waals surface area contributed by atoms with Gasteiger partial charge in [0, 0.05) is 5.75 Å². The molecule has 0 fully saturated rings. The van der Waals surface area contributed by atoms with Crippen molar-refractivity contribution < 1.29 is 9.84 Å². The molecule has 1 aromatic rings. The van der Waals surface area contributed by atoms with E-state index in [-0.39, 0.29) is 6.61 Å². The van der Waals surface area contributed by atoms with E-state index < -0.39 is 0 Å². The molecule has 0 unspecified atom stereocenters. The maximum atomic E-state index is 8.43. The molecule has 0 spiro atoms. The van der Waals surface area contributed by atoms with Crippen LogP contribution in [0.4, 0.5) is 0 Å². The molecule has 0 bridgehead atoms. The third-order valence-electron chi connectivity index (χ3n) is 1.11. The van der Waals surface area contributed by atoms with Crippen LogP contribution in [0, 0.1) is 3.95 Å². The van der Waals surface area contributed by atoms with Gasteiger partial charge < -0.3 is 9.84 Å². The van der Waals surface area contributed by atoms with Gasteiger partial charge in [-0.15, -0.1) is 0 Å². The minimum atomic E-state index is 0.0754. The van der Waals surface area contributed by atoms with Crippen molar-refractivity contribution in [3.05, 3.63) is 3.95 Å². The van der Waals surface area contributed by atoms with Crippen molar-refractivity contribution in [3.63, 3.8) is 0 Å². The largest absolute Gasteiger partial charge is 0.394 e. The van der Waals surface area contributed by atoms with Crippen molar-refractivity contribution in [2.24, 2.45) is 0 Å². The Bertz CT molecular complexity index is 285. The van der Waals surface area contributed by atoms with Crippen LogP contribution in [-0.4, -0.2) is 40.9 Å². The summed E-state index contributed by atoms with van der Waals surface area (Å²) < 4.78 is 6.70. The second-order valence-corrected chi connectivity index (χ2v) is 5.07. The van der Waals surface area contributed by atoms with Gasteiger partial charge in [-0.2, -0.15) is 5.10 Å². The first-order valence-electron chi connectivity index (χ1n) is 3.70. The summed E-state index contributed by atoms with van der Waals surface area (Å²) in [5.74, 6) is 0.829. The van der Waals surface area contributed by atoms with Gasteiger partial charge in [-0.05, 0) is 12.2 Å². The Morgan fingerprint density at radius 2 is 2.46 bits per heavy atom. The second kappa shape index (κ2) is 6.50. The van der Waals surface area contributed by atoms with Crippen LogP contribution in [-0.2, 0) is 4.74 Å². The highest BCUT2D eigenvalue weighted by Crippen LogP contribution is 2.19. The zero-order chi connectivity index (χ0) is 9.52. The molecule has 0 saturated carbocycles. The number of ether oxygens (including phenoxy) is 1. The molecule has 2 N–H and O–H groups in total. The topological polar surface area (TPSA) is 58.1 Å². The summed E-state index contributed by atoms with van der Waals surface area (Å²) in [6.07, 6.45) is 0. The molecule has 0 atom stereocenters. The van der Waals surface area contributed by atoms with E-state index in [1.54, 1.807) is 11.8 Å². The van der Waals surface area contributed by atoms with Crippen LogP contribution in [0.25, 0.3) is 0 Å². The first-order valence-corrected chi connectivity index (χ1v) is 5.91. The van der Waals surface area contributed by atoms with Crippen molar-refractivity contribution in [1.82, 2.24) is 10.2 Å². The van der Waals surface area contributed by atoms with Crippen LogP contribution in [0.2, 0.25) is 0 Å². The summed E-state index contributed by atoms with van der Waals surface area (Å²) >= 11 is 7.93. The fraction of sp³-hybridized carbons (Fsp3) is 0.667. The Morgan fingerprint density at radius 1 is 1.62 bits per heavy atom. The normalized spacial score (nSPS) is 10.5. The fourth-order valence-corrected chi connectivity index (χ4v) is 2.64. The summed E-state index contributed by atoms with van der Waals surface area (Å²) in [7, 11) is 0. The maximum Gasteiger partial charge on any atom is 0.177 e. The van der Waals surface area contributed by atoms with E-state index in [9.17, 15) is 0 Å². The minimum Gasteiger partial charge on any atom is -0.394 e. The molecule has 0 aromatic carbocycles. The van der Waals surface area contributed by atoms with E-state index >= 15 is 0 Å². The quantitative estimate of drug-likeness (QED) is 0.444. The second-order valence-electron chi connectivity index (χ2n) is 2.06. The van der Waals surface area contributed by atoms with Gasteiger partial charge in [0.1, 0.15) is 0 Å². The molecule has 0 saturated heterocycles. The van der Waals surface area contributed by atoms with E-state index in [0.29, 0.717) is 17.2 Å². The average Bonchev–Trinajstić information content (AvgIpc) is 2.51. The van der Waals surface area contributed by atoms with Crippen molar-refractivity contribution in [2.45, 2.75) is 4.34 Å². The van der Waals surface area contributed by atoms with Crippen molar-refractivity contribution in [1.29, 1.82) is 0 Å². The molecule has 4 nitrogen and oxygen atoms in total. The third-order valence-corrected chi connectivity index (χ3v) is 3.30. The SMILES string of the molecule is OCCOCCSc1n[nH]c(=S)s1. The van der Waals surface area contributed by atoms with Crippen LogP contribution in [0.5, 0.6) is 0 Å². The molecule has 0 amide bonds. The summed E-state index contributed by atoms with van der Waals surface area (Å²) in [6, 6.07) is 0. The Labute approximate surface area is 89.3 Å². The van der Waals surface area contributed by atoms with Gasteiger partial charge in [0.05, 0.1) is 19.8 Å². The molecule has 1 rings (SSSR count). The zero-order valence-electron chi connectivity index (χ0n) is 6.86. The van der Waals surface area contributed by atoms with Crippen molar-refractivity contribution in [3.8, 4) is 0 Å². The van der Waals surface area contributed by atoms with E-state index in [1.807, 2.05) is 0 Å². The molecule has 13 heavy (non-hydrogen) atoms. The Hall–Kier alpha value is 0.0500. The number of hydrogen-bond acceptors (Lipinski definition) is 6. The van der Waals surface area contributed by atoms with Crippen molar-refractivity contribution in [2.75, 3.05) is 25.6 Å². The van der Waals surface area contributed by atoms with Gasteiger partial charge in [0.25, 0.3) is 0 Å². The number of nitrogens with one attached hydrogen (secondary N) is 1. The minimum absolute atomic E-state index is 0.0754. The molecule has 1 heterocycles. The van der Waals surface area contributed by atoms with Crippen LogP contribution < -0.4 is 0 Å². The number of aliphatic hydroxyl groups is 1. The Kier molecular flexibility index (Phi) is 5.56. The molecule has 0 radical (unpaired) electrons. The monoisotopic (exact) mass is 238 g/mol. The third kappa shape index (κ3) is 4.72. The average molecular weight is 238 g/mol. The molecule has 0 aliphatic carbocycles. The van der Waals surface area contributed by atoms with Crippen LogP contribution in [0.3, 0.4) is 0 Å². The van der Waals surface area contributed by atoms with E-state index in [2.05, 4.69) is 10.2 Å². The summed E-state index contributed by atoms with van der Waals surface area (Å²) in [4.78, 5) is 0. The Morgan fingerprint density at radius 3 is 3.08 bits per heavy atom. The highest BCUT2D eigenvalue weighted by atomic mass is 32.2. The number of rotatable bonds is 6. The zero-order valence-corrected chi connectivity index (χ0v) is 9.31. The van der Waals surface area contributed by atoms with Crippen LogP contribution in [0.1, 0.15) is 0 Å². The molecular formula is C6H10N2O2S3. The van der Waals surface area contributed by atoms with Gasteiger partial charge in [-0.25, -0.2) is 0 Å². The van der Waals surface area contributed by atoms with Crippen molar-refractivity contribution >= 4 is 35.3 Å². The van der Waals surface area contributed by atoms with Crippen LogP contribution in [0.15, 0.2) is 4.34 Å². The summed E-state index contributed by atoms with van der Waals surface area (Å²) in [5, 5.41) is 15.1. The highest BCUT2D eigenvalue weighted by Gasteiger charge is 1.97. The van der Waals surface area contributed by atoms with E-state index in [4.69, 9.17) is 22.1 Å². The van der Waals surface area contributed by atoms with Gasteiger partial charge in [0.2, 0.25) is 0 Å². The lowest BCUT2D eigenvalue weighted by Gasteiger charge is -1.98. The van der Waals surface area contributed by atoms with Crippen LogP contribution >= 0.6 is 35.3 Å². The van der Waals surface area contributed by atoms with E-state index in [0.717, 1.165) is 10.1 Å². The number of aromatic nitrogens is 2. The highest BCUT2D eigenvalue weighted by molar-refractivity contribution is 8.01. The predicted octanol–water partition coefficient (Wildman–Crippen LogP) is 1.30. The lowest BCUT2D eigenvalue weighted by Crippen LogP contribution is -2.02. The molecule has 74 valence electrons. The number of aliphatic hydroxyl groups excluding tert-OH is 1. The first-order chi connectivity index (χ1) is 6.33. The lowest BCUT2D eigenvalue weighted by molar-refractivity contribution is 0.103.